The maximum Gasteiger partial charge on any atom is 0.326 e. The molecule has 20 heavy (non-hydrogen) atoms. The highest BCUT2D eigenvalue weighted by Crippen LogP contribution is 2.14. The highest BCUT2D eigenvalue weighted by molar-refractivity contribution is 6.00. The van der Waals surface area contributed by atoms with Crippen LogP contribution in [0.15, 0.2) is 30.3 Å². The maximum atomic E-state index is 11.9. The molecule has 1 atom stereocenters. The first-order chi connectivity index (χ1) is 9.47. The molecule has 0 bridgehead atoms. The number of benzene rings is 1. The number of carbonyl (C=O) groups excluding carboxylic acids is 1. The summed E-state index contributed by atoms with van der Waals surface area (Å²) in [7, 11) is 0. The summed E-state index contributed by atoms with van der Waals surface area (Å²) in [6.07, 6.45) is -0.679. The first-order valence-electron chi connectivity index (χ1n) is 5.80. The molecule has 4 N–H and O–H groups in total. The van der Waals surface area contributed by atoms with Gasteiger partial charge in [0.05, 0.1) is 6.42 Å². The number of nitrogens with one attached hydrogen (secondary N) is 2. The molecule has 0 unspecified atom stereocenters. The Kier molecular flexibility index (Phi) is 3.69. The number of aromatic amines is 1. The van der Waals surface area contributed by atoms with Crippen molar-refractivity contribution in [1.29, 1.82) is 0 Å². The zero-order chi connectivity index (χ0) is 14.7. The van der Waals surface area contributed by atoms with E-state index in [0.717, 1.165) is 10.9 Å². The first-order valence-corrected chi connectivity index (χ1v) is 5.80. The molecule has 2 aromatic rings. The van der Waals surface area contributed by atoms with Crippen molar-refractivity contribution in [3.05, 3.63) is 36.0 Å². The van der Waals surface area contributed by atoms with Gasteiger partial charge < -0.3 is 20.5 Å². The van der Waals surface area contributed by atoms with Crippen LogP contribution in [0, 0.1) is 0 Å². The number of hydrogen-bond donors (Lipinski definition) is 4. The molecular weight excluding hydrogens is 264 g/mol. The Morgan fingerprint density at radius 1 is 1.20 bits per heavy atom. The van der Waals surface area contributed by atoms with Crippen LogP contribution in [0.1, 0.15) is 16.9 Å². The minimum atomic E-state index is -1.47. The van der Waals surface area contributed by atoms with Gasteiger partial charge in [-0.25, -0.2) is 4.79 Å². The fourth-order valence-corrected chi connectivity index (χ4v) is 1.81. The first kappa shape index (κ1) is 13.6. The second-order valence-electron chi connectivity index (χ2n) is 4.23. The molecule has 0 aliphatic carbocycles. The van der Waals surface area contributed by atoms with Gasteiger partial charge in [-0.15, -0.1) is 0 Å². The van der Waals surface area contributed by atoms with Gasteiger partial charge in [0.2, 0.25) is 0 Å². The zero-order valence-corrected chi connectivity index (χ0v) is 10.3. The van der Waals surface area contributed by atoms with E-state index in [1.807, 2.05) is 6.07 Å². The molecule has 0 radical (unpaired) electrons. The highest BCUT2D eigenvalue weighted by atomic mass is 16.4. The third-order valence-electron chi connectivity index (χ3n) is 2.76. The van der Waals surface area contributed by atoms with E-state index in [1.165, 1.54) is 0 Å². The Balaban J connectivity index is 2.17. The van der Waals surface area contributed by atoms with Gasteiger partial charge in [0, 0.05) is 10.9 Å². The SMILES string of the molecule is O=C(O)C[C@H](NC(=O)c1cc2ccccc2[nH]1)C(=O)O. The summed E-state index contributed by atoms with van der Waals surface area (Å²) in [4.78, 5) is 36.2. The Bertz CT molecular complexity index is 643. The smallest absolute Gasteiger partial charge is 0.326 e. The standard InChI is InChI=1S/C13H12N2O5/c16-11(17)6-10(13(19)20)15-12(18)9-5-7-3-1-2-4-8(7)14-9/h1-5,10,14H,6H2,(H,15,18)(H,16,17)(H,19,20)/t10-/m0/s1. The van der Waals surface area contributed by atoms with Crippen molar-refractivity contribution in [3.63, 3.8) is 0 Å². The predicted octanol–water partition coefficient (Wildman–Crippen LogP) is 0.826. The second kappa shape index (κ2) is 5.43. The summed E-state index contributed by atoms with van der Waals surface area (Å²) >= 11 is 0. The number of carbonyl (C=O) groups is 3. The van der Waals surface area contributed by atoms with Crippen LogP contribution in [-0.2, 0) is 9.59 Å². The quantitative estimate of drug-likeness (QED) is 0.644. The molecule has 7 heteroatoms. The van der Waals surface area contributed by atoms with E-state index < -0.39 is 30.3 Å². The topological polar surface area (TPSA) is 119 Å². The molecule has 104 valence electrons. The molecule has 7 nitrogen and oxygen atoms in total. The van der Waals surface area contributed by atoms with E-state index in [2.05, 4.69) is 10.3 Å². The third kappa shape index (κ3) is 2.94. The Labute approximate surface area is 113 Å². The highest BCUT2D eigenvalue weighted by Gasteiger charge is 2.24. The fourth-order valence-electron chi connectivity index (χ4n) is 1.81. The fraction of sp³-hybridized carbons (Fsp3) is 0.154. The Morgan fingerprint density at radius 2 is 1.90 bits per heavy atom. The van der Waals surface area contributed by atoms with Crippen molar-refractivity contribution in [3.8, 4) is 0 Å². The Hall–Kier alpha value is -2.83. The molecule has 2 rings (SSSR count). The lowest BCUT2D eigenvalue weighted by Gasteiger charge is -2.11. The molecule has 1 heterocycles. The number of carboxylic acids is 2. The number of para-hydroxylation sites is 1. The largest absolute Gasteiger partial charge is 0.481 e. The molecule has 0 saturated heterocycles. The lowest BCUT2D eigenvalue weighted by atomic mass is 10.2. The van der Waals surface area contributed by atoms with E-state index in [1.54, 1.807) is 24.3 Å². The number of aliphatic carboxylic acids is 2. The molecule has 0 aliphatic rings. The summed E-state index contributed by atoms with van der Waals surface area (Å²) in [5, 5.41) is 20.5. The summed E-state index contributed by atoms with van der Waals surface area (Å²) in [6, 6.07) is 7.29. The van der Waals surface area contributed by atoms with Crippen molar-refractivity contribution >= 4 is 28.7 Å². The minimum absolute atomic E-state index is 0.183. The van der Waals surface area contributed by atoms with Crippen LogP contribution in [0.25, 0.3) is 10.9 Å². The normalized spacial score (nSPS) is 12.0. The molecule has 1 amide bonds. The van der Waals surface area contributed by atoms with E-state index in [-0.39, 0.29) is 5.69 Å². The van der Waals surface area contributed by atoms with Crippen molar-refractivity contribution < 1.29 is 24.6 Å². The van der Waals surface area contributed by atoms with E-state index in [9.17, 15) is 14.4 Å². The molecule has 0 spiro atoms. The van der Waals surface area contributed by atoms with Gasteiger partial charge in [-0.1, -0.05) is 18.2 Å². The molecular formula is C13H12N2O5. The Morgan fingerprint density at radius 3 is 2.50 bits per heavy atom. The summed E-state index contributed by atoms with van der Waals surface area (Å²) < 4.78 is 0. The van der Waals surface area contributed by atoms with Crippen LogP contribution >= 0.6 is 0 Å². The summed E-state index contributed by atoms with van der Waals surface area (Å²) in [5.41, 5.74) is 0.922. The number of aromatic nitrogens is 1. The third-order valence-corrected chi connectivity index (χ3v) is 2.76. The van der Waals surface area contributed by atoms with Gasteiger partial charge in [0.25, 0.3) is 5.91 Å². The van der Waals surface area contributed by atoms with Gasteiger partial charge in [0.1, 0.15) is 11.7 Å². The summed E-state index contributed by atoms with van der Waals surface area (Å²) in [6.45, 7) is 0. The van der Waals surface area contributed by atoms with Crippen LogP contribution in [0.3, 0.4) is 0 Å². The molecule has 0 fully saturated rings. The van der Waals surface area contributed by atoms with E-state index in [0.29, 0.717) is 0 Å². The molecule has 0 aliphatic heterocycles. The van der Waals surface area contributed by atoms with Crippen LogP contribution in [0.4, 0.5) is 0 Å². The number of rotatable bonds is 5. The lowest BCUT2D eigenvalue weighted by molar-refractivity contribution is -0.145. The van der Waals surface area contributed by atoms with Crippen molar-refractivity contribution in [2.45, 2.75) is 12.5 Å². The van der Waals surface area contributed by atoms with Crippen LogP contribution in [0.5, 0.6) is 0 Å². The van der Waals surface area contributed by atoms with Gasteiger partial charge in [-0.2, -0.15) is 0 Å². The van der Waals surface area contributed by atoms with Gasteiger partial charge in [-0.3, -0.25) is 9.59 Å². The van der Waals surface area contributed by atoms with Gasteiger partial charge >= 0.3 is 11.9 Å². The zero-order valence-electron chi connectivity index (χ0n) is 10.3. The monoisotopic (exact) mass is 276 g/mol. The van der Waals surface area contributed by atoms with Crippen molar-refractivity contribution in [2.24, 2.45) is 0 Å². The number of hydrogen-bond acceptors (Lipinski definition) is 3. The second-order valence-corrected chi connectivity index (χ2v) is 4.23. The minimum Gasteiger partial charge on any atom is -0.481 e. The number of H-pyrrole nitrogens is 1. The average molecular weight is 276 g/mol. The maximum absolute atomic E-state index is 11.9. The van der Waals surface area contributed by atoms with Crippen LogP contribution < -0.4 is 5.32 Å². The van der Waals surface area contributed by atoms with Gasteiger partial charge in [-0.05, 0) is 12.1 Å². The molecule has 0 saturated carbocycles. The van der Waals surface area contributed by atoms with Crippen molar-refractivity contribution in [1.82, 2.24) is 10.3 Å². The van der Waals surface area contributed by atoms with Crippen LogP contribution in [-0.4, -0.2) is 39.1 Å². The van der Waals surface area contributed by atoms with E-state index >= 15 is 0 Å². The predicted molar refractivity (Wildman–Crippen MR) is 69.4 cm³/mol. The van der Waals surface area contributed by atoms with Gasteiger partial charge in [0.15, 0.2) is 0 Å². The summed E-state index contributed by atoms with van der Waals surface area (Å²) in [5.74, 6) is -3.35. The lowest BCUT2D eigenvalue weighted by Crippen LogP contribution is -2.42. The van der Waals surface area contributed by atoms with E-state index in [4.69, 9.17) is 10.2 Å². The molecule has 1 aromatic carbocycles. The molecule has 1 aromatic heterocycles. The van der Waals surface area contributed by atoms with Crippen molar-refractivity contribution in [2.75, 3.05) is 0 Å². The van der Waals surface area contributed by atoms with Crippen LogP contribution in [0.2, 0.25) is 0 Å². The number of fused-ring (bicyclic) bond motifs is 1. The number of carboxylic acid groups (broad SMARTS) is 2. The average Bonchev–Trinajstić information content (AvgIpc) is 2.81. The number of amides is 1.